The lowest BCUT2D eigenvalue weighted by molar-refractivity contribution is -0.384. The highest BCUT2D eigenvalue weighted by molar-refractivity contribution is 6.33. The van der Waals surface area contributed by atoms with Gasteiger partial charge in [-0.15, -0.1) is 0 Å². The number of nitro benzene ring substituents is 1. The van der Waals surface area contributed by atoms with E-state index in [-0.39, 0.29) is 28.2 Å². The molecule has 1 atom stereocenters. The van der Waals surface area contributed by atoms with Crippen LogP contribution in [0.5, 0.6) is 0 Å². The Morgan fingerprint density at radius 3 is 2.95 bits per heavy atom. The lowest BCUT2D eigenvalue weighted by Gasteiger charge is -2.01. The normalized spacial score (nSPS) is 12.4. The highest BCUT2D eigenvalue weighted by atomic mass is 35.5. The van der Waals surface area contributed by atoms with Crippen molar-refractivity contribution in [2.45, 2.75) is 19.4 Å². The van der Waals surface area contributed by atoms with Crippen LogP contribution in [0.15, 0.2) is 22.7 Å². The largest absolute Gasteiger partial charge is 0.334 e. The third-order valence-corrected chi connectivity index (χ3v) is 2.93. The van der Waals surface area contributed by atoms with E-state index in [1.54, 1.807) is 0 Å². The van der Waals surface area contributed by atoms with E-state index in [0.29, 0.717) is 12.2 Å². The van der Waals surface area contributed by atoms with Gasteiger partial charge in [0.25, 0.3) is 11.6 Å². The molecule has 0 bridgehead atoms. The summed E-state index contributed by atoms with van der Waals surface area (Å²) in [7, 11) is 0. The molecule has 0 aliphatic rings. The molecule has 8 heteroatoms. The van der Waals surface area contributed by atoms with Crippen LogP contribution in [-0.4, -0.2) is 15.1 Å². The fourth-order valence-corrected chi connectivity index (χ4v) is 1.80. The Bertz CT molecular complexity index is 614. The molecule has 1 aromatic heterocycles. The predicted molar refractivity (Wildman–Crippen MR) is 68.6 cm³/mol. The lowest BCUT2D eigenvalue weighted by Crippen LogP contribution is -2.10. The van der Waals surface area contributed by atoms with E-state index in [2.05, 4.69) is 10.1 Å². The summed E-state index contributed by atoms with van der Waals surface area (Å²) in [6.07, 6.45) is 0.629. The van der Waals surface area contributed by atoms with Crippen LogP contribution in [-0.2, 0) is 0 Å². The maximum absolute atomic E-state index is 11.0. The van der Waals surface area contributed by atoms with E-state index in [4.69, 9.17) is 21.9 Å². The Morgan fingerprint density at radius 1 is 1.58 bits per heavy atom. The molecule has 2 rings (SSSR count). The van der Waals surface area contributed by atoms with Gasteiger partial charge in [-0.3, -0.25) is 10.1 Å². The van der Waals surface area contributed by atoms with Crippen LogP contribution in [0.4, 0.5) is 5.69 Å². The summed E-state index contributed by atoms with van der Waals surface area (Å²) in [6.45, 7) is 1.87. The summed E-state index contributed by atoms with van der Waals surface area (Å²) < 4.78 is 5.02. The minimum Gasteiger partial charge on any atom is -0.334 e. The number of nitrogens with zero attached hydrogens (tertiary/aromatic N) is 3. The molecule has 2 N–H and O–H groups in total. The van der Waals surface area contributed by atoms with Gasteiger partial charge in [-0.05, 0) is 12.5 Å². The van der Waals surface area contributed by atoms with Crippen molar-refractivity contribution in [2.75, 3.05) is 0 Å². The third-order valence-electron chi connectivity index (χ3n) is 2.62. The van der Waals surface area contributed by atoms with Gasteiger partial charge in [-0.2, -0.15) is 4.98 Å². The fraction of sp³-hybridized carbons (Fsp3) is 0.273. The molecule has 7 nitrogen and oxygen atoms in total. The van der Waals surface area contributed by atoms with Gasteiger partial charge >= 0.3 is 0 Å². The highest BCUT2D eigenvalue weighted by Crippen LogP contribution is 2.35. The maximum atomic E-state index is 11.0. The van der Waals surface area contributed by atoms with E-state index in [9.17, 15) is 10.1 Å². The summed E-state index contributed by atoms with van der Waals surface area (Å²) in [5.41, 5.74) is 5.69. The van der Waals surface area contributed by atoms with Crippen molar-refractivity contribution in [3.63, 3.8) is 0 Å². The molecule has 0 radical (unpaired) electrons. The third kappa shape index (κ3) is 2.56. The molecule has 1 unspecified atom stereocenters. The first kappa shape index (κ1) is 13.4. The molecule has 0 fully saturated rings. The SMILES string of the molecule is CCC(N)c1noc(-c2c(Cl)cccc2[N+](=O)[O-])n1. The van der Waals surface area contributed by atoms with Crippen molar-refractivity contribution in [2.24, 2.45) is 5.73 Å². The summed E-state index contributed by atoms with van der Waals surface area (Å²) in [4.78, 5) is 14.5. The molecule has 0 aliphatic heterocycles. The number of rotatable bonds is 4. The Morgan fingerprint density at radius 2 is 2.32 bits per heavy atom. The standard InChI is InChI=1S/C11H11ClN4O3/c1-2-7(13)10-14-11(19-15-10)9-6(12)4-3-5-8(9)16(17)18/h3-5,7H,2,13H2,1H3. The lowest BCUT2D eigenvalue weighted by atomic mass is 10.1. The monoisotopic (exact) mass is 282 g/mol. The van der Waals surface area contributed by atoms with Gasteiger partial charge in [-0.1, -0.05) is 29.7 Å². The van der Waals surface area contributed by atoms with Gasteiger partial charge < -0.3 is 10.3 Å². The molecular formula is C11H11ClN4O3. The number of nitrogens with two attached hydrogens (primary N) is 1. The van der Waals surface area contributed by atoms with Crippen molar-refractivity contribution < 1.29 is 9.45 Å². The van der Waals surface area contributed by atoms with Crippen molar-refractivity contribution >= 4 is 17.3 Å². The second kappa shape index (κ2) is 5.33. The van der Waals surface area contributed by atoms with Gasteiger partial charge in [0.05, 0.1) is 16.0 Å². The van der Waals surface area contributed by atoms with Gasteiger partial charge in [0.15, 0.2) is 5.82 Å². The van der Waals surface area contributed by atoms with Gasteiger partial charge in [-0.25, -0.2) is 0 Å². The summed E-state index contributed by atoms with van der Waals surface area (Å²) in [6, 6.07) is 3.95. The second-order valence-corrected chi connectivity index (χ2v) is 4.27. The number of nitro groups is 1. The van der Waals surface area contributed by atoms with E-state index in [0.717, 1.165) is 0 Å². The van der Waals surface area contributed by atoms with Crippen molar-refractivity contribution in [1.82, 2.24) is 10.1 Å². The molecule has 19 heavy (non-hydrogen) atoms. The van der Waals surface area contributed by atoms with Crippen molar-refractivity contribution in [1.29, 1.82) is 0 Å². The van der Waals surface area contributed by atoms with Crippen LogP contribution in [0.1, 0.15) is 25.2 Å². The molecule has 0 aliphatic carbocycles. The van der Waals surface area contributed by atoms with Gasteiger partial charge in [0.1, 0.15) is 5.56 Å². The fourth-order valence-electron chi connectivity index (χ4n) is 1.55. The Balaban J connectivity index is 2.53. The zero-order valence-electron chi connectivity index (χ0n) is 10.0. The highest BCUT2D eigenvalue weighted by Gasteiger charge is 2.24. The zero-order chi connectivity index (χ0) is 14.0. The molecule has 0 amide bonds. The first-order valence-corrected chi connectivity index (χ1v) is 5.94. The van der Waals surface area contributed by atoms with Crippen LogP contribution in [0.2, 0.25) is 5.02 Å². The molecule has 1 heterocycles. The first-order chi connectivity index (χ1) is 9.04. The van der Waals surface area contributed by atoms with Crippen LogP contribution >= 0.6 is 11.6 Å². The van der Waals surface area contributed by atoms with E-state index >= 15 is 0 Å². The average molecular weight is 283 g/mol. The summed E-state index contributed by atoms with van der Waals surface area (Å²) in [5, 5.41) is 14.9. The number of halogens is 1. The Kier molecular flexibility index (Phi) is 3.77. The topological polar surface area (TPSA) is 108 Å². The van der Waals surface area contributed by atoms with Crippen LogP contribution in [0.3, 0.4) is 0 Å². The quantitative estimate of drug-likeness (QED) is 0.682. The van der Waals surface area contributed by atoms with E-state index < -0.39 is 4.92 Å². The van der Waals surface area contributed by atoms with Crippen LogP contribution in [0, 0.1) is 10.1 Å². The molecule has 0 spiro atoms. The summed E-state index contributed by atoms with van der Waals surface area (Å²) >= 11 is 5.97. The van der Waals surface area contributed by atoms with Crippen molar-refractivity contribution in [3.8, 4) is 11.5 Å². The maximum Gasteiger partial charge on any atom is 0.283 e. The number of benzene rings is 1. The Labute approximate surface area is 113 Å². The predicted octanol–water partition coefficient (Wildman–Crippen LogP) is 2.71. The van der Waals surface area contributed by atoms with Crippen molar-refractivity contribution in [3.05, 3.63) is 39.2 Å². The van der Waals surface area contributed by atoms with Crippen LogP contribution < -0.4 is 5.73 Å². The second-order valence-electron chi connectivity index (χ2n) is 3.86. The zero-order valence-corrected chi connectivity index (χ0v) is 10.8. The molecular weight excluding hydrogens is 272 g/mol. The Hall–Kier alpha value is -1.99. The molecule has 2 aromatic rings. The molecule has 0 saturated heterocycles. The van der Waals surface area contributed by atoms with Gasteiger partial charge in [0, 0.05) is 6.07 Å². The number of hydrogen-bond donors (Lipinski definition) is 1. The van der Waals surface area contributed by atoms with Gasteiger partial charge in [0.2, 0.25) is 0 Å². The summed E-state index contributed by atoms with van der Waals surface area (Å²) in [5.74, 6) is 0.294. The first-order valence-electron chi connectivity index (χ1n) is 5.57. The molecule has 0 saturated carbocycles. The smallest absolute Gasteiger partial charge is 0.283 e. The van der Waals surface area contributed by atoms with E-state index in [1.807, 2.05) is 6.92 Å². The number of hydrogen-bond acceptors (Lipinski definition) is 6. The number of aromatic nitrogens is 2. The van der Waals surface area contributed by atoms with Crippen LogP contribution in [0.25, 0.3) is 11.5 Å². The minimum atomic E-state index is -0.551. The molecule has 100 valence electrons. The molecule has 1 aromatic carbocycles. The minimum absolute atomic E-state index is 0.00352. The average Bonchev–Trinajstić information content (AvgIpc) is 2.86. The van der Waals surface area contributed by atoms with E-state index in [1.165, 1.54) is 18.2 Å².